The fraction of sp³-hybridized carbons (Fsp3) is 0.450. The molecule has 1 heterocycles. The summed E-state index contributed by atoms with van der Waals surface area (Å²) >= 11 is 0. The molecule has 2 rings (SSSR count). The van der Waals surface area contributed by atoms with E-state index in [9.17, 15) is 4.79 Å². The second-order valence-corrected chi connectivity index (χ2v) is 6.64. The number of amides is 1. The third kappa shape index (κ3) is 6.38. The SMILES string of the molecule is COc1ccc(CCNC(=O)c2cc(C)nc(NCCN(C)C)n2)cc1OC. The molecule has 0 aliphatic rings. The molecule has 8 nitrogen and oxygen atoms in total. The van der Waals surface area contributed by atoms with Gasteiger partial charge in [0.2, 0.25) is 5.95 Å². The summed E-state index contributed by atoms with van der Waals surface area (Å²) in [4.78, 5) is 23.2. The average Bonchev–Trinajstić information content (AvgIpc) is 2.67. The number of aryl methyl sites for hydroxylation is 1. The Balaban J connectivity index is 1.93. The number of anilines is 1. The highest BCUT2D eigenvalue weighted by Crippen LogP contribution is 2.27. The number of rotatable bonds is 10. The van der Waals surface area contributed by atoms with Crippen LogP contribution in [-0.4, -0.2) is 68.7 Å². The van der Waals surface area contributed by atoms with Gasteiger partial charge in [-0.05, 0) is 51.2 Å². The van der Waals surface area contributed by atoms with E-state index in [1.807, 2.05) is 39.2 Å². The number of aromatic nitrogens is 2. The van der Waals surface area contributed by atoms with E-state index in [0.29, 0.717) is 42.7 Å². The molecule has 0 spiro atoms. The van der Waals surface area contributed by atoms with Crippen molar-refractivity contribution in [1.82, 2.24) is 20.2 Å². The first kappa shape index (κ1) is 21.4. The Hall–Kier alpha value is -2.87. The molecule has 0 saturated carbocycles. The van der Waals surface area contributed by atoms with Crippen LogP contribution in [0.2, 0.25) is 0 Å². The Labute approximate surface area is 166 Å². The van der Waals surface area contributed by atoms with E-state index >= 15 is 0 Å². The standard InChI is InChI=1S/C20H29N5O3/c1-14-12-16(24-20(23-14)22-10-11-25(2)3)19(26)21-9-8-15-6-7-17(27-4)18(13-15)28-5/h6-7,12-13H,8-11H2,1-5H3,(H,21,26)(H,22,23,24). The first-order valence-electron chi connectivity index (χ1n) is 9.16. The van der Waals surface area contributed by atoms with Gasteiger partial charge < -0.3 is 25.0 Å². The van der Waals surface area contributed by atoms with Gasteiger partial charge in [-0.3, -0.25) is 4.79 Å². The van der Waals surface area contributed by atoms with Gasteiger partial charge in [0.1, 0.15) is 5.69 Å². The average molecular weight is 387 g/mol. The van der Waals surface area contributed by atoms with E-state index in [1.165, 1.54) is 0 Å². The molecule has 152 valence electrons. The van der Waals surface area contributed by atoms with Crippen molar-refractivity contribution in [2.45, 2.75) is 13.3 Å². The van der Waals surface area contributed by atoms with Gasteiger partial charge in [-0.2, -0.15) is 0 Å². The van der Waals surface area contributed by atoms with E-state index < -0.39 is 0 Å². The largest absolute Gasteiger partial charge is 0.493 e. The summed E-state index contributed by atoms with van der Waals surface area (Å²) in [6, 6.07) is 7.40. The van der Waals surface area contributed by atoms with E-state index in [0.717, 1.165) is 17.8 Å². The van der Waals surface area contributed by atoms with Gasteiger partial charge in [0.05, 0.1) is 14.2 Å². The maximum absolute atomic E-state index is 12.5. The highest BCUT2D eigenvalue weighted by Gasteiger charge is 2.11. The number of likely N-dealkylation sites (N-methyl/N-ethyl adjacent to an activating group) is 1. The molecule has 0 aliphatic carbocycles. The van der Waals surface area contributed by atoms with Crippen LogP contribution in [0, 0.1) is 6.92 Å². The fourth-order valence-electron chi connectivity index (χ4n) is 2.60. The number of hydrogen-bond acceptors (Lipinski definition) is 7. The summed E-state index contributed by atoms with van der Waals surface area (Å²) in [6.45, 7) is 3.89. The molecule has 0 atom stereocenters. The molecule has 8 heteroatoms. The highest BCUT2D eigenvalue weighted by molar-refractivity contribution is 5.92. The molecule has 1 aromatic carbocycles. The van der Waals surface area contributed by atoms with Crippen molar-refractivity contribution in [3.05, 3.63) is 41.2 Å². The zero-order valence-electron chi connectivity index (χ0n) is 17.2. The van der Waals surface area contributed by atoms with E-state index in [4.69, 9.17) is 9.47 Å². The minimum Gasteiger partial charge on any atom is -0.493 e. The van der Waals surface area contributed by atoms with Gasteiger partial charge in [-0.15, -0.1) is 0 Å². The van der Waals surface area contributed by atoms with Crippen LogP contribution in [0.15, 0.2) is 24.3 Å². The Morgan fingerprint density at radius 3 is 2.50 bits per heavy atom. The molecule has 0 aliphatic heterocycles. The monoisotopic (exact) mass is 387 g/mol. The third-order valence-electron chi connectivity index (χ3n) is 4.08. The summed E-state index contributed by atoms with van der Waals surface area (Å²) < 4.78 is 10.5. The van der Waals surface area contributed by atoms with Crippen molar-refractivity contribution in [3.63, 3.8) is 0 Å². The van der Waals surface area contributed by atoms with Crippen molar-refractivity contribution >= 4 is 11.9 Å². The zero-order valence-corrected chi connectivity index (χ0v) is 17.2. The summed E-state index contributed by atoms with van der Waals surface area (Å²) in [7, 11) is 7.20. The number of carbonyl (C=O) groups is 1. The molecule has 0 bridgehead atoms. The molecule has 1 amide bonds. The topological polar surface area (TPSA) is 88.6 Å². The zero-order chi connectivity index (χ0) is 20.5. The smallest absolute Gasteiger partial charge is 0.270 e. The summed E-state index contributed by atoms with van der Waals surface area (Å²) in [6.07, 6.45) is 0.671. The lowest BCUT2D eigenvalue weighted by atomic mass is 10.1. The van der Waals surface area contributed by atoms with Crippen LogP contribution in [0.3, 0.4) is 0 Å². The molecule has 1 aromatic heterocycles. The molecule has 0 radical (unpaired) electrons. The lowest BCUT2D eigenvalue weighted by Gasteiger charge is -2.12. The number of nitrogens with one attached hydrogen (secondary N) is 2. The minimum absolute atomic E-state index is 0.221. The third-order valence-corrected chi connectivity index (χ3v) is 4.08. The van der Waals surface area contributed by atoms with Crippen LogP contribution < -0.4 is 20.1 Å². The number of benzene rings is 1. The number of carbonyl (C=O) groups excluding carboxylic acids is 1. The van der Waals surface area contributed by atoms with Crippen molar-refractivity contribution in [1.29, 1.82) is 0 Å². The number of hydrogen-bond donors (Lipinski definition) is 2. The molecule has 0 unspecified atom stereocenters. The predicted molar refractivity (Wildman–Crippen MR) is 109 cm³/mol. The lowest BCUT2D eigenvalue weighted by molar-refractivity contribution is 0.0949. The summed E-state index contributed by atoms with van der Waals surface area (Å²) in [5.74, 6) is 1.60. The Morgan fingerprint density at radius 1 is 1.07 bits per heavy atom. The maximum Gasteiger partial charge on any atom is 0.270 e. The van der Waals surface area contributed by atoms with E-state index in [-0.39, 0.29) is 5.91 Å². The molecular formula is C20H29N5O3. The van der Waals surface area contributed by atoms with Gasteiger partial charge in [0, 0.05) is 25.3 Å². The number of methoxy groups -OCH3 is 2. The highest BCUT2D eigenvalue weighted by atomic mass is 16.5. The molecule has 28 heavy (non-hydrogen) atoms. The van der Waals surface area contributed by atoms with E-state index in [1.54, 1.807) is 20.3 Å². The Kier molecular flexibility index (Phi) is 8.01. The van der Waals surface area contributed by atoms with Crippen LogP contribution in [0.25, 0.3) is 0 Å². The van der Waals surface area contributed by atoms with Crippen molar-refractivity contribution in [2.75, 3.05) is 53.3 Å². The number of nitrogens with zero attached hydrogens (tertiary/aromatic N) is 3. The quantitative estimate of drug-likeness (QED) is 0.642. The molecule has 0 saturated heterocycles. The predicted octanol–water partition coefficient (Wildman–Crippen LogP) is 1.75. The van der Waals surface area contributed by atoms with Crippen molar-refractivity contribution < 1.29 is 14.3 Å². The first-order chi connectivity index (χ1) is 13.4. The van der Waals surface area contributed by atoms with Gasteiger partial charge in [-0.1, -0.05) is 6.07 Å². The van der Waals surface area contributed by atoms with E-state index in [2.05, 4.69) is 25.5 Å². The molecule has 2 N–H and O–H groups in total. The lowest BCUT2D eigenvalue weighted by Crippen LogP contribution is -2.27. The van der Waals surface area contributed by atoms with Crippen molar-refractivity contribution in [3.8, 4) is 11.5 Å². The van der Waals surface area contributed by atoms with Gasteiger partial charge in [0.25, 0.3) is 5.91 Å². The van der Waals surface area contributed by atoms with Crippen molar-refractivity contribution in [2.24, 2.45) is 0 Å². The molecule has 2 aromatic rings. The van der Waals surface area contributed by atoms with Crippen LogP contribution in [0.1, 0.15) is 21.7 Å². The van der Waals surface area contributed by atoms with Crippen LogP contribution in [-0.2, 0) is 6.42 Å². The maximum atomic E-state index is 12.5. The van der Waals surface area contributed by atoms with Gasteiger partial charge in [0.15, 0.2) is 11.5 Å². The second-order valence-electron chi connectivity index (χ2n) is 6.64. The summed E-state index contributed by atoms with van der Waals surface area (Å²) in [5, 5.41) is 6.05. The molecular weight excluding hydrogens is 358 g/mol. The first-order valence-corrected chi connectivity index (χ1v) is 9.16. The minimum atomic E-state index is -0.221. The van der Waals surface area contributed by atoms with Gasteiger partial charge in [-0.25, -0.2) is 9.97 Å². The Morgan fingerprint density at radius 2 is 1.82 bits per heavy atom. The Bertz CT molecular complexity index is 795. The number of ether oxygens (including phenoxy) is 2. The molecule has 0 fully saturated rings. The van der Waals surface area contributed by atoms with Gasteiger partial charge >= 0.3 is 0 Å². The van der Waals surface area contributed by atoms with Crippen LogP contribution in [0.4, 0.5) is 5.95 Å². The fourth-order valence-corrected chi connectivity index (χ4v) is 2.60. The summed E-state index contributed by atoms with van der Waals surface area (Å²) in [5.41, 5.74) is 2.14. The van der Waals surface area contributed by atoms with Crippen LogP contribution >= 0.6 is 0 Å². The van der Waals surface area contributed by atoms with Crippen LogP contribution in [0.5, 0.6) is 11.5 Å². The normalized spacial score (nSPS) is 10.6. The second kappa shape index (κ2) is 10.5.